The number of hydrogen-bond acceptors (Lipinski definition) is 3. The van der Waals surface area contributed by atoms with Crippen molar-refractivity contribution in [3.63, 3.8) is 0 Å². The number of nitrogens with one attached hydrogen (secondary N) is 1. The topological polar surface area (TPSA) is 51.6 Å². The lowest BCUT2D eigenvalue weighted by molar-refractivity contribution is -0.137. The van der Waals surface area contributed by atoms with E-state index in [0.29, 0.717) is 30.5 Å². The summed E-state index contributed by atoms with van der Waals surface area (Å²) < 4.78 is 41.5. The Hall–Kier alpha value is -2.96. The Morgan fingerprint density at radius 3 is 2.50 bits per heavy atom. The molecule has 2 aromatic carbocycles. The van der Waals surface area contributed by atoms with Crippen LogP contribution in [0.15, 0.2) is 47.5 Å². The number of alkyl halides is 3. The number of anilines is 1. The van der Waals surface area contributed by atoms with Gasteiger partial charge in [-0.05, 0) is 42.5 Å². The standard InChI is InChI=1S/C23H24F3N3O/c1-14-9-15(2)13-29(12-14)21-8-7-16(10-19(21)23(24,25)26)27-11-18-17-5-3-4-6-20(17)28-22(18)30/h3-8,10-11,14-15,28,30H,9,12-13H2,1-2H3. The average Bonchev–Trinajstić information content (AvgIpc) is 3.00. The van der Waals surface area contributed by atoms with Gasteiger partial charge in [0.1, 0.15) is 0 Å². The largest absolute Gasteiger partial charge is 0.494 e. The van der Waals surface area contributed by atoms with E-state index in [0.717, 1.165) is 23.4 Å². The number of rotatable bonds is 3. The Bertz CT molecular complexity index is 1080. The van der Waals surface area contributed by atoms with Crippen LogP contribution in [-0.4, -0.2) is 29.4 Å². The molecule has 1 aliphatic rings. The van der Waals surface area contributed by atoms with Crippen molar-refractivity contribution in [3.8, 4) is 5.88 Å². The molecule has 158 valence electrons. The number of fused-ring (bicyclic) bond motifs is 1. The van der Waals surface area contributed by atoms with E-state index < -0.39 is 11.7 Å². The van der Waals surface area contributed by atoms with E-state index in [1.165, 1.54) is 12.3 Å². The Morgan fingerprint density at radius 1 is 1.10 bits per heavy atom. The van der Waals surface area contributed by atoms with E-state index in [-0.39, 0.29) is 17.3 Å². The summed E-state index contributed by atoms with van der Waals surface area (Å²) in [6.45, 7) is 5.36. The van der Waals surface area contributed by atoms with Crippen LogP contribution >= 0.6 is 0 Å². The number of hydrogen-bond donors (Lipinski definition) is 2. The quantitative estimate of drug-likeness (QED) is 0.506. The summed E-state index contributed by atoms with van der Waals surface area (Å²) in [6, 6.07) is 11.5. The third kappa shape index (κ3) is 4.01. The molecule has 0 saturated carbocycles. The van der Waals surface area contributed by atoms with Crippen molar-refractivity contribution in [2.45, 2.75) is 26.4 Å². The lowest BCUT2D eigenvalue weighted by Crippen LogP contribution is -2.39. The molecule has 4 rings (SSSR count). The minimum atomic E-state index is -4.48. The third-order valence-electron chi connectivity index (χ3n) is 5.56. The monoisotopic (exact) mass is 415 g/mol. The normalized spacial score (nSPS) is 20.4. The van der Waals surface area contributed by atoms with Gasteiger partial charge in [0.05, 0.1) is 16.8 Å². The summed E-state index contributed by atoms with van der Waals surface area (Å²) >= 11 is 0. The Kier molecular flexibility index (Phi) is 5.22. The van der Waals surface area contributed by atoms with E-state index in [9.17, 15) is 18.3 Å². The predicted octanol–water partition coefficient (Wildman–Crippen LogP) is 6.13. The molecule has 2 atom stereocenters. The zero-order valence-corrected chi connectivity index (χ0v) is 16.9. The number of nitrogens with zero attached hydrogens (tertiary/aromatic N) is 2. The molecule has 1 saturated heterocycles. The summed E-state index contributed by atoms with van der Waals surface area (Å²) in [5, 5.41) is 10.9. The fraction of sp³-hybridized carbons (Fsp3) is 0.348. The first-order chi connectivity index (χ1) is 14.2. The molecule has 2 N–H and O–H groups in total. The van der Waals surface area contributed by atoms with Crippen molar-refractivity contribution >= 4 is 28.5 Å². The summed E-state index contributed by atoms with van der Waals surface area (Å²) in [6.07, 6.45) is -2.06. The van der Waals surface area contributed by atoms with Gasteiger partial charge in [-0.2, -0.15) is 13.2 Å². The molecular formula is C23H24F3N3O. The summed E-state index contributed by atoms with van der Waals surface area (Å²) in [5.41, 5.74) is 0.892. The van der Waals surface area contributed by atoms with Crippen LogP contribution in [0.5, 0.6) is 5.88 Å². The Labute approximate surface area is 173 Å². The first-order valence-corrected chi connectivity index (χ1v) is 10.0. The molecular weight excluding hydrogens is 391 g/mol. The lowest BCUT2D eigenvalue weighted by atomic mass is 9.91. The molecule has 3 aromatic rings. The number of H-pyrrole nitrogens is 1. The SMILES string of the molecule is CC1CC(C)CN(c2ccc(N=Cc3c(O)[nH]c4ccccc34)cc2C(F)(F)F)C1. The lowest BCUT2D eigenvalue weighted by Gasteiger charge is -2.37. The van der Waals surface area contributed by atoms with Gasteiger partial charge < -0.3 is 15.0 Å². The summed E-state index contributed by atoms with van der Waals surface area (Å²) in [5.74, 6) is 0.624. The van der Waals surface area contributed by atoms with Crippen molar-refractivity contribution in [2.24, 2.45) is 16.8 Å². The molecule has 0 amide bonds. The van der Waals surface area contributed by atoms with E-state index in [1.807, 2.05) is 29.2 Å². The molecule has 4 nitrogen and oxygen atoms in total. The molecule has 0 spiro atoms. The predicted molar refractivity (Wildman–Crippen MR) is 114 cm³/mol. The van der Waals surface area contributed by atoms with Crippen molar-refractivity contribution in [2.75, 3.05) is 18.0 Å². The highest BCUT2D eigenvalue weighted by Gasteiger charge is 2.36. The zero-order valence-electron chi connectivity index (χ0n) is 16.9. The number of piperidine rings is 1. The molecule has 2 heterocycles. The number of aliphatic imine (C=N–C) groups is 1. The number of halogens is 3. The van der Waals surface area contributed by atoms with Crippen LogP contribution in [0.4, 0.5) is 24.5 Å². The second kappa shape index (κ2) is 7.70. The number of benzene rings is 2. The Morgan fingerprint density at radius 2 is 1.80 bits per heavy atom. The first-order valence-electron chi connectivity index (χ1n) is 10.0. The van der Waals surface area contributed by atoms with Gasteiger partial charge in [-0.3, -0.25) is 4.99 Å². The van der Waals surface area contributed by atoms with Gasteiger partial charge in [-0.15, -0.1) is 0 Å². The van der Waals surface area contributed by atoms with Crippen LogP contribution in [0.25, 0.3) is 10.9 Å². The van der Waals surface area contributed by atoms with Crippen LogP contribution < -0.4 is 4.90 Å². The highest BCUT2D eigenvalue weighted by molar-refractivity contribution is 6.02. The second-order valence-electron chi connectivity index (χ2n) is 8.24. The van der Waals surface area contributed by atoms with Crippen molar-refractivity contribution in [1.82, 2.24) is 4.98 Å². The molecule has 1 aromatic heterocycles. The Balaban J connectivity index is 1.70. The average molecular weight is 415 g/mol. The van der Waals surface area contributed by atoms with Gasteiger partial charge in [0, 0.05) is 35.9 Å². The van der Waals surface area contributed by atoms with Gasteiger partial charge >= 0.3 is 6.18 Å². The molecule has 0 bridgehead atoms. The summed E-state index contributed by atoms with van der Waals surface area (Å²) in [4.78, 5) is 8.90. The number of aromatic nitrogens is 1. The minimum Gasteiger partial charge on any atom is -0.494 e. The molecule has 7 heteroatoms. The zero-order chi connectivity index (χ0) is 21.5. The smallest absolute Gasteiger partial charge is 0.418 e. The molecule has 0 aliphatic carbocycles. The number of aromatic amines is 1. The van der Waals surface area contributed by atoms with Crippen molar-refractivity contribution in [1.29, 1.82) is 0 Å². The van der Waals surface area contributed by atoms with Crippen molar-refractivity contribution in [3.05, 3.63) is 53.6 Å². The molecule has 1 fully saturated rings. The van der Waals surface area contributed by atoms with E-state index in [2.05, 4.69) is 23.8 Å². The molecule has 2 unspecified atom stereocenters. The van der Waals surface area contributed by atoms with Crippen molar-refractivity contribution < 1.29 is 18.3 Å². The maximum absolute atomic E-state index is 13.8. The summed E-state index contributed by atoms with van der Waals surface area (Å²) in [7, 11) is 0. The minimum absolute atomic E-state index is 0.0658. The van der Waals surface area contributed by atoms with Crippen LogP contribution in [0, 0.1) is 11.8 Å². The maximum atomic E-state index is 13.8. The third-order valence-corrected chi connectivity index (χ3v) is 5.56. The van der Waals surface area contributed by atoms with E-state index in [4.69, 9.17) is 0 Å². The highest BCUT2D eigenvalue weighted by Crippen LogP contribution is 2.40. The second-order valence-corrected chi connectivity index (χ2v) is 8.24. The van der Waals surface area contributed by atoms with Gasteiger partial charge in [0.25, 0.3) is 0 Å². The van der Waals surface area contributed by atoms with Gasteiger partial charge in [-0.25, -0.2) is 0 Å². The fourth-order valence-corrected chi connectivity index (χ4v) is 4.39. The van der Waals surface area contributed by atoms with Gasteiger partial charge in [0.2, 0.25) is 0 Å². The van der Waals surface area contributed by atoms with Crippen LogP contribution in [0.3, 0.4) is 0 Å². The van der Waals surface area contributed by atoms with Crippen LogP contribution in [0.2, 0.25) is 0 Å². The first kappa shape index (κ1) is 20.3. The van der Waals surface area contributed by atoms with E-state index in [1.54, 1.807) is 6.07 Å². The number of para-hydroxylation sites is 1. The highest BCUT2D eigenvalue weighted by atomic mass is 19.4. The van der Waals surface area contributed by atoms with Crippen LogP contribution in [-0.2, 0) is 6.18 Å². The fourth-order valence-electron chi connectivity index (χ4n) is 4.39. The molecule has 0 radical (unpaired) electrons. The van der Waals surface area contributed by atoms with Gasteiger partial charge in [0.15, 0.2) is 5.88 Å². The number of aromatic hydroxyl groups is 1. The molecule has 1 aliphatic heterocycles. The van der Waals surface area contributed by atoms with Gasteiger partial charge in [-0.1, -0.05) is 32.0 Å². The molecule has 30 heavy (non-hydrogen) atoms. The van der Waals surface area contributed by atoms with E-state index >= 15 is 0 Å². The van der Waals surface area contributed by atoms with Crippen LogP contribution in [0.1, 0.15) is 31.4 Å². The maximum Gasteiger partial charge on any atom is 0.418 e.